The van der Waals surface area contributed by atoms with Crippen LogP contribution in [0.1, 0.15) is 10.4 Å². The Morgan fingerprint density at radius 2 is 1.79 bits per heavy atom. The Bertz CT molecular complexity index is 1130. The molecule has 0 saturated heterocycles. The Kier molecular flexibility index (Phi) is 5.44. The first-order chi connectivity index (χ1) is 14.2. The van der Waals surface area contributed by atoms with Crippen LogP contribution in [0, 0.1) is 0 Å². The molecule has 7 nitrogen and oxygen atoms in total. The number of anilines is 3. The molecular formula is C21H17N5O2S. The monoisotopic (exact) mass is 403 g/mol. The number of pyridine rings is 1. The molecule has 8 heteroatoms. The zero-order chi connectivity index (χ0) is 20.1. The van der Waals surface area contributed by atoms with Crippen molar-refractivity contribution in [2.24, 2.45) is 0 Å². The van der Waals surface area contributed by atoms with E-state index in [1.165, 1.54) is 0 Å². The van der Waals surface area contributed by atoms with Crippen molar-refractivity contribution in [3.8, 4) is 17.1 Å². The third-order valence-corrected chi connectivity index (χ3v) is 4.72. The summed E-state index contributed by atoms with van der Waals surface area (Å²) >= 11 is 1.13. The predicted molar refractivity (Wildman–Crippen MR) is 114 cm³/mol. The molecule has 144 valence electrons. The van der Waals surface area contributed by atoms with Crippen molar-refractivity contribution >= 4 is 34.1 Å². The van der Waals surface area contributed by atoms with Crippen LogP contribution in [0.15, 0.2) is 72.9 Å². The molecule has 0 aliphatic heterocycles. The van der Waals surface area contributed by atoms with Crippen LogP contribution >= 0.6 is 11.5 Å². The van der Waals surface area contributed by atoms with Crippen molar-refractivity contribution < 1.29 is 9.53 Å². The van der Waals surface area contributed by atoms with E-state index in [0.717, 1.165) is 17.1 Å². The second-order valence-electron chi connectivity index (χ2n) is 5.97. The normalized spacial score (nSPS) is 10.4. The van der Waals surface area contributed by atoms with E-state index in [1.807, 2.05) is 54.6 Å². The smallest absolute Gasteiger partial charge is 0.261 e. The van der Waals surface area contributed by atoms with Crippen molar-refractivity contribution in [2.75, 3.05) is 17.7 Å². The first-order valence-corrected chi connectivity index (χ1v) is 9.57. The van der Waals surface area contributed by atoms with E-state index < -0.39 is 0 Å². The van der Waals surface area contributed by atoms with E-state index in [4.69, 9.17) is 4.74 Å². The summed E-state index contributed by atoms with van der Waals surface area (Å²) in [6, 6.07) is 20.4. The van der Waals surface area contributed by atoms with E-state index in [-0.39, 0.29) is 5.91 Å². The van der Waals surface area contributed by atoms with Gasteiger partial charge in [0.1, 0.15) is 11.6 Å². The van der Waals surface area contributed by atoms with Gasteiger partial charge in [0.05, 0.1) is 18.4 Å². The second-order valence-corrected chi connectivity index (χ2v) is 6.72. The summed E-state index contributed by atoms with van der Waals surface area (Å²) in [4.78, 5) is 21.5. The van der Waals surface area contributed by atoms with E-state index in [9.17, 15) is 4.79 Å². The summed E-state index contributed by atoms with van der Waals surface area (Å²) in [5.74, 6) is 1.32. The average molecular weight is 403 g/mol. The largest absolute Gasteiger partial charge is 0.495 e. The van der Waals surface area contributed by atoms with Gasteiger partial charge in [0, 0.05) is 23.3 Å². The van der Waals surface area contributed by atoms with Crippen LogP contribution in [0.3, 0.4) is 0 Å². The van der Waals surface area contributed by atoms with Gasteiger partial charge < -0.3 is 10.1 Å². The van der Waals surface area contributed by atoms with Gasteiger partial charge >= 0.3 is 0 Å². The maximum Gasteiger partial charge on any atom is 0.261 e. The van der Waals surface area contributed by atoms with Gasteiger partial charge in [-0.25, -0.2) is 4.98 Å². The molecule has 0 spiro atoms. The Morgan fingerprint density at radius 3 is 2.62 bits per heavy atom. The molecule has 4 rings (SSSR count). The molecule has 2 heterocycles. The number of hydrogen-bond donors (Lipinski definition) is 2. The summed E-state index contributed by atoms with van der Waals surface area (Å²) in [5, 5.41) is 6.38. The van der Waals surface area contributed by atoms with Crippen LogP contribution in [0.4, 0.5) is 16.6 Å². The van der Waals surface area contributed by atoms with Gasteiger partial charge in [-0.1, -0.05) is 42.5 Å². The van der Waals surface area contributed by atoms with Crippen molar-refractivity contribution in [3.63, 3.8) is 0 Å². The highest BCUT2D eigenvalue weighted by Gasteiger charge is 2.16. The number of nitrogens with one attached hydrogen (secondary N) is 2. The van der Waals surface area contributed by atoms with Crippen LogP contribution in [0.5, 0.6) is 5.75 Å². The molecule has 0 bridgehead atoms. The average Bonchev–Trinajstić information content (AvgIpc) is 3.23. The van der Waals surface area contributed by atoms with Crippen LogP contribution in [-0.4, -0.2) is 27.4 Å². The Labute approximate surface area is 171 Å². The van der Waals surface area contributed by atoms with Gasteiger partial charge in [-0.05, 0) is 24.3 Å². The molecule has 0 fully saturated rings. The third kappa shape index (κ3) is 4.22. The quantitative estimate of drug-likeness (QED) is 0.489. The van der Waals surface area contributed by atoms with Crippen LogP contribution in [0.2, 0.25) is 0 Å². The number of carbonyl (C=O) groups excluding carboxylic acids is 1. The molecule has 0 aliphatic carbocycles. The minimum absolute atomic E-state index is 0.328. The zero-order valence-corrected chi connectivity index (χ0v) is 16.3. The van der Waals surface area contributed by atoms with Gasteiger partial charge in [-0.15, -0.1) is 0 Å². The molecule has 0 aliphatic rings. The summed E-state index contributed by atoms with van der Waals surface area (Å²) in [6.07, 6.45) is 1.62. The van der Waals surface area contributed by atoms with Crippen molar-refractivity contribution in [1.29, 1.82) is 0 Å². The summed E-state index contributed by atoms with van der Waals surface area (Å²) in [6.45, 7) is 0. The lowest BCUT2D eigenvalue weighted by Crippen LogP contribution is -2.14. The summed E-state index contributed by atoms with van der Waals surface area (Å²) in [7, 11) is 1.59. The van der Waals surface area contributed by atoms with Gasteiger partial charge in [0.25, 0.3) is 5.91 Å². The molecule has 0 radical (unpaired) electrons. The molecule has 0 saturated carbocycles. The number of para-hydroxylation sites is 2. The van der Waals surface area contributed by atoms with Gasteiger partial charge in [0.15, 0.2) is 5.82 Å². The zero-order valence-electron chi connectivity index (χ0n) is 15.5. The molecule has 2 aromatic heterocycles. The van der Waals surface area contributed by atoms with Crippen LogP contribution < -0.4 is 15.4 Å². The highest BCUT2D eigenvalue weighted by atomic mass is 32.1. The predicted octanol–water partition coefficient (Wildman–Crippen LogP) is 4.60. The van der Waals surface area contributed by atoms with E-state index in [0.29, 0.717) is 33.8 Å². The molecule has 2 aromatic carbocycles. The molecule has 1 amide bonds. The molecule has 4 aromatic rings. The lowest BCUT2D eigenvalue weighted by molar-refractivity contribution is 0.102. The topological polar surface area (TPSA) is 89.0 Å². The number of nitrogens with zero attached hydrogens (tertiary/aromatic N) is 3. The minimum Gasteiger partial charge on any atom is -0.495 e. The van der Waals surface area contributed by atoms with Crippen molar-refractivity contribution in [2.45, 2.75) is 0 Å². The standard InChI is InChI=1S/C21H17N5O2S/c1-28-17-12-6-5-11-16(17)23-19-15(10-7-13-22-19)20(27)25-21-24-18(26-29-21)14-8-3-2-4-9-14/h2-13H,1H3,(H,22,23)(H,24,25,26,27). The lowest BCUT2D eigenvalue weighted by Gasteiger charge is -2.12. The molecule has 2 N–H and O–H groups in total. The number of amides is 1. The summed E-state index contributed by atoms with van der Waals surface area (Å²) in [5.41, 5.74) is 1.99. The number of carbonyl (C=O) groups is 1. The fourth-order valence-corrected chi connectivity index (χ4v) is 3.29. The van der Waals surface area contributed by atoms with Crippen LogP contribution in [0.25, 0.3) is 11.4 Å². The third-order valence-electron chi connectivity index (χ3n) is 4.09. The lowest BCUT2D eigenvalue weighted by atomic mass is 10.2. The minimum atomic E-state index is -0.328. The Balaban J connectivity index is 1.55. The molecular weight excluding hydrogens is 386 g/mol. The second kappa shape index (κ2) is 8.49. The van der Waals surface area contributed by atoms with Crippen molar-refractivity contribution in [1.82, 2.24) is 14.3 Å². The van der Waals surface area contributed by atoms with E-state index >= 15 is 0 Å². The molecule has 0 unspecified atom stereocenters. The maximum atomic E-state index is 12.8. The first kappa shape index (κ1) is 18.6. The highest BCUT2D eigenvalue weighted by Crippen LogP contribution is 2.28. The van der Waals surface area contributed by atoms with Gasteiger partial charge in [-0.2, -0.15) is 9.36 Å². The fourth-order valence-electron chi connectivity index (χ4n) is 2.71. The molecule has 0 atom stereocenters. The van der Waals surface area contributed by atoms with E-state index in [2.05, 4.69) is 25.0 Å². The van der Waals surface area contributed by atoms with Crippen LogP contribution in [-0.2, 0) is 0 Å². The maximum absolute atomic E-state index is 12.8. The van der Waals surface area contributed by atoms with Gasteiger partial charge in [-0.3, -0.25) is 10.1 Å². The number of aromatic nitrogens is 3. The Hall–Kier alpha value is -3.78. The highest BCUT2D eigenvalue weighted by molar-refractivity contribution is 7.10. The number of methoxy groups -OCH3 is 1. The van der Waals surface area contributed by atoms with E-state index in [1.54, 1.807) is 25.4 Å². The SMILES string of the molecule is COc1ccccc1Nc1ncccc1C(=O)Nc1nc(-c2ccccc2)ns1. The number of benzene rings is 2. The number of rotatable bonds is 6. The molecule has 29 heavy (non-hydrogen) atoms. The Morgan fingerprint density at radius 1 is 1.00 bits per heavy atom. The van der Waals surface area contributed by atoms with Crippen molar-refractivity contribution in [3.05, 3.63) is 78.5 Å². The summed E-state index contributed by atoms with van der Waals surface area (Å²) < 4.78 is 9.66. The fraction of sp³-hybridized carbons (Fsp3) is 0.0476. The van der Waals surface area contributed by atoms with Gasteiger partial charge in [0.2, 0.25) is 5.13 Å². The number of ether oxygens (including phenoxy) is 1. The first-order valence-electron chi connectivity index (χ1n) is 8.80. The number of hydrogen-bond acceptors (Lipinski definition) is 7.